The van der Waals surface area contributed by atoms with Gasteiger partial charge in [-0.15, -0.1) is 0 Å². The third-order valence-electron chi connectivity index (χ3n) is 3.47. The van der Waals surface area contributed by atoms with Crippen LogP contribution in [0, 0.1) is 0 Å². The van der Waals surface area contributed by atoms with Crippen LogP contribution in [0.5, 0.6) is 0 Å². The summed E-state index contributed by atoms with van der Waals surface area (Å²) in [7, 11) is 3.60. The summed E-state index contributed by atoms with van der Waals surface area (Å²) in [5, 5.41) is 4.62. The summed E-state index contributed by atoms with van der Waals surface area (Å²) in [4.78, 5) is 15.8. The van der Waals surface area contributed by atoms with E-state index in [2.05, 4.69) is 46.7 Å². The molecule has 5 nitrogen and oxygen atoms in total. The average molecular weight is 359 g/mol. The molecule has 0 aliphatic rings. The van der Waals surface area contributed by atoms with Crippen molar-refractivity contribution in [3.8, 4) is 0 Å². The minimum Gasteiger partial charge on any atom is -0.348 e. The molecule has 6 heteroatoms. The molecule has 21 heavy (non-hydrogen) atoms. The van der Waals surface area contributed by atoms with E-state index in [0.717, 1.165) is 48.3 Å². The Bertz CT molecular complexity index is 470. The van der Waals surface area contributed by atoms with E-state index in [1.54, 1.807) is 19.0 Å². The van der Waals surface area contributed by atoms with Gasteiger partial charge in [-0.1, -0.05) is 13.8 Å². The van der Waals surface area contributed by atoms with Crippen molar-refractivity contribution in [2.24, 2.45) is 0 Å². The minimum absolute atomic E-state index is 0.137. The number of carbonyl (C=O) groups is 1. The largest absolute Gasteiger partial charge is 0.348 e. The number of carbonyl (C=O) groups excluding carboxylic acids is 1. The Labute approximate surface area is 136 Å². The van der Waals surface area contributed by atoms with Crippen LogP contribution in [-0.2, 0) is 24.3 Å². The first-order valence-electron chi connectivity index (χ1n) is 7.61. The summed E-state index contributed by atoms with van der Waals surface area (Å²) in [6, 6.07) is 0. The first-order chi connectivity index (χ1) is 9.94. The molecular weight excluding hydrogens is 332 g/mol. The van der Waals surface area contributed by atoms with Gasteiger partial charge in [0, 0.05) is 27.2 Å². The molecule has 0 atom stereocenters. The second-order valence-corrected chi connectivity index (χ2v) is 6.17. The van der Waals surface area contributed by atoms with Crippen molar-refractivity contribution < 1.29 is 4.79 Å². The summed E-state index contributed by atoms with van der Waals surface area (Å²) in [5.74, 6) is 0.137. The number of aromatic nitrogens is 2. The van der Waals surface area contributed by atoms with Gasteiger partial charge in [-0.3, -0.25) is 14.4 Å². The molecule has 0 aliphatic carbocycles. The molecular formula is C15H27BrN4O. The van der Waals surface area contributed by atoms with Gasteiger partial charge in [0.25, 0.3) is 0 Å². The molecule has 0 bridgehead atoms. The van der Waals surface area contributed by atoms with Crippen LogP contribution in [0.2, 0.25) is 0 Å². The van der Waals surface area contributed by atoms with Crippen LogP contribution in [0.15, 0.2) is 4.47 Å². The van der Waals surface area contributed by atoms with Crippen molar-refractivity contribution in [2.45, 2.75) is 46.7 Å². The molecule has 0 radical (unpaired) electrons. The first-order valence-corrected chi connectivity index (χ1v) is 8.40. The van der Waals surface area contributed by atoms with Crippen LogP contribution in [0.25, 0.3) is 0 Å². The molecule has 0 N–H and O–H groups in total. The van der Waals surface area contributed by atoms with E-state index in [0.29, 0.717) is 6.54 Å². The van der Waals surface area contributed by atoms with Crippen LogP contribution in [0.3, 0.4) is 0 Å². The van der Waals surface area contributed by atoms with Crippen LogP contribution in [0.1, 0.15) is 38.6 Å². The topological polar surface area (TPSA) is 41.4 Å². The highest BCUT2D eigenvalue weighted by molar-refractivity contribution is 9.10. The van der Waals surface area contributed by atoms with Gasteiger partial charge in [0.05, 0.1) is 22.4 Å². The van der Waals surface area contributed by atoms with Gasteiger partial charge in [-0.05, 0) is 42.2 Å². The fourth-order valence-electron chi connectivity index (χ4n) is 2.24. The van der Waals surface area contributed by atoms with Crippen LogP contribution in [-0.4, -0.2) is 52.7 Å². The molecule has 0 aromatic carbocycles. The molecule has 1 amide bonds. The van der Waals surface area contributed by atoms with Gasteiger partial charge in [0.2, 0.25) is 5.91 Å². The maximum absolute atomic E-state index is 12.0. The van der Waals surface area contributed by atoms with E-state index in [9.17, 15) is 4.79 Å². The van der Waals surface area contributed by atoms with Crippen LogP contribution in [0.4, 0.5) is 0 Å². The van der Waals surface area contributed by atoms with E-state index in [1.165, 1.54) is 0 Å². The summed E-state index contributed by atoms with van der Waals surface area (Å²) >= 11 is 3.67. The third-order valence-corrected chi connectivity index (χ3v) is 4.38. The second-order valence-electron chi connectivity index (χ2n) is 5.38. The summed E-state index contributed by atoms with van der Waals surface area (Å²) in [6.45, 7) is 9.28. The highest BCUT2D eigenvalue weighted by Crippen LogP contribution is 2.23. The number of hydrogen-bond acceptors (Lipinski definition) is 3. The first kappa shape index (κ1) is 18.2. The standard InChI is InChI=1S/C15H27BrN4O/c1-6-9-19(11-14(21)18(4)5)10-13-15(16)12(7-2)17-20(13)8-3/h6-11H2,1-5H3. The monoisotopic (exact) mass is 358 g/mol. The lowest BCUT2D eigenvalue weighted by molar-refractivity contribution is -0.130. The SMILES string of the molecule is CCCN(CC(=O)N(C)C)Cc1c(Br)c(CC)nn1CC. The highest BCUT2D eigenvalue weighted by Gasteiger charge is 2.18. The van der Waals surface area contributed by atoms with E-state index in [1.807, 2.05) is 4.68 Å². The Kier molecular flexibility index (Phi) is 7.39. The van der Waals surface area contributed by atoms with Crippen molar-refractivity contribution in [3.63, 3.8) is 0 Å². The molecule has 0 spiro atoms. The average Bonchev–Trinajstić information content (AvgIpc) is 2.75. The Morgan fingerprint density at radius 3 is 2.43 bits per heavy atom. The molecule has 120 valence electrons. The Balaban J connectivity index is 2.93. The number of likely N-dealkylation sites (N-methyl/N-ethyl adjacent to an activating group) is 1. The van der Waals surface area contributed by atoms with Crippen LogP contribution < -0.4 is 0 Å². The summed E-state index contributed by atoms with van der Waals surface area (Å²) < 4.78 is 3.12. The van der Waals surface area contributed by atoms with E-state index in [4.69, 9.17) is 0 Å². The van der Waals surface area contributed by atoms with E-state index >= 15 is 0 Å². The summed E-state index contributed by atoms with van der Waals surface area (Å²) in [5.41, 5.74) is 2.25. The number of halogens is 1. The lowest BCUT2D eigenvalue weighted by Crippen LogP contribution is -2.37. The smallest absolute Gasteiger partial charge is 0.236 e. The number of amides is 1. The molecule has 0 aliphatic heterocycles. The molecule has 1 aromatic heterocycles. The molecule has 1 rings (SSSR count). The van der Waals surface area contributed by atoms with Gasteiger partial charge in [-0.25, -0.2) is 0 Å². The number of aryl methyl sites for hydroxylation is 2. The van der Waals surface area contributed by atoms with Gasteiger partial charge >= 0.3 is 0 Å². The van der Waals surface area contributed by atoms with Gasteiger partial charge in [-0.2, -0.15) is 5.10 Å². The van der Waals surface area contributed by atoms with E-state index < -0.39 is 0 Å². The number of rotatable bonds is 8. The Hall–Kier alpha value is -0.880. The molecule has 1 aromatic rings. The zero-order valence-corrected chi connectivity index (χ0v) is 15.4. The molecule has 0 saturated carbocycles. The maximum atomic E-state index is 12.0. The quantitative estimate of drug-likeness (QED) is 0.716. The number of hydrogen-bond donors (Lipinski definition) is 0. The predicted molar refractivity (Wildman–Crippen MR) is 89.2 cm³/mol. The van der Waals surface area contributed by atoms with Crippen molar-refractivity contribution in [3.05, 3.63) is 15.9 Å². The molecule has 0 fully saturated rings. The second kappa shape index (κ2) is 8.54. The molecule has 0 unspecified atom stereocenters. The zero-order chi connectivity index (χ0) is 16.0. The Morgan fingerprint density at radius 1 is 1.29 bits per heavy atom. The van der Waals surface area contributed by atoms with Gasteiger partial charge < -0.3 is 4.90 Å². The van der Waals surface area contributed by atoms with Crippen molar-refractivity contribution in [1.29, 1.82) is 0 Å². The minimum atomic E-state index is 0.137. The van der Waals surface area contributed by atoms with Crippen LogP contribution >= 0.6 is 15.9 Å². The number of nitrogens with zero attached hydrogens (tertiary/aromatic N) is 4. The van der Waals surface area contributed by atoms with Crippen molar-refractivity contribution >= 4 is 21.8 Å². The van der Waals surface area contributed by atoms with E-state index in [-0.39, 0.29) is 5.91 Å². The van der Waals surface area contributed by atoms with Gasteiger partial charge in [0.1, 0.15) is 0 Å². The van der Waals surface area contributed by atoms with Crippen molar-refractivity contribution in [2.75, 3.05) is 27.2 Å². The molecule has 1 heterocycles. The third kappa shape index (κ3) is 4.81. The Morgan fingerprint density at radius 2 is 1.95 bits per heavy atom. The fourth-order valence-corrected chi connectivity index (χ4v) is 2.93. The lowest BCUT2D eigenvalue weighted by atomic mass is 10.2. The summed E-state index contributed by atoms with van der Waals surface area (Å²) in [6.07, 6.45) is 1.93. The highest BCUT2D eigenvalue weighted by atomic mass is 79.9. The molecule has 0 saturated heterocycles. The maximum Gasteiger partial charge on any atom is 0.236 e. The van der Waals surface area contributed by atoms with Gasteiger partial charge in [0.15, 0.2) is 0 Å². The fraction of sp³-hybridized carbons (Fsp3) is 0.733. The van der Waals surface area contributed by atoms with Crippen molar-refractivity contribution in [1.82, 2.24) is 19.6 Å². The zero-order valence-electron chi connectivity index (χ0n) is 13.8. The normalized spacial score (nSPS) is 11.2. The lowest BCUT2D eigenvalue weighted by Gasteiger charge is -2.23. The predicted octanol–water partition coefficient (Wildman–Crippen LogP) is 2.53.